The molecule has 1 N–H and O–H groups in total. The van der Waals surface area contributed by atoms with Crippen molar-refractivity contribution in [3.8, 4) is 17.0 Å². The van der Waals surface area contributed by atoms with Crippen LogP contribution in [0.4, 0.5) is 0 Å². The van der Waals surface area contributed by atoms with Crippen molar-refractivity contribution in [2.45, 2.75) is 44.8 Å². The Kier molecular flexibility index (Phi) is 6.08. The number of aryl methyl sites for hydroxylation is 2. The molecule has 0 spiro atoms. The molecule has 2 aliphatic carbocycles. The van der Waals surface area contributed by atoms with Gasteiger partial charge in [0.2, 0.25) is 0 Å². The SMILES string of the molecule is O=C1c2ccc(OCc3c(-c4c(Cl)cccc4Cl)noc3C3CC3)cc2CCc2ccc(CO)cc21. The van der Waals surface area contributed by atoms with E-state index in [1.807, 2.05) is 30.3 Å². The lowest BCUT2D eigenvalue weighted by Gasteiger charge is -2.12. The highest BCUT2D eigenvalue weighted by molar-refractivity contribution is 6.39. The maximum absolute atomic E-state index is 13.3. The third-order valence-corrected chi connectivity index (χ3v) is 7.57. The summed E-state index contributed by atoms with van der Waals surface area (Å²) in [4.78, 5) is 13.3. The van der Waals surface area contributed by atoms with Gasteiger partial charge in [0.15, 0.2) is 5.78 Å². The number of nitrogens with zero attached hydrogens (tertiary/aromatic N) is 1. The Labute approximate surface area is 218 Å². The van der Waals surface area contributed by atoms with E-state index in [1.54, 1.807) is 24.3 Å². The fourth-order valence-corrected chi connectivity index (χ4v) is 5.43. The van der Waals surface area contributed by atoms with Crippen LogP contribution in [0.15, 0.2) is 59.1 Å². The Bertz CT molecular complexity index is 1470. The van der Waals surface area contributed by atoms with Crippen LogP contribution in [0.1, 0.15) is 62.7 Å². The molecule has 4 aromatic rings. The molecular formula is C29H23Cl2NO4. The fraction of sp³-hybridized carbons (Fsp3) is 0.241. The van der Waals surface area contributed by atoms with Crippen LogP contribution in [0.3, 0.4) is 0 Å². The predicted molar refractivity (Wildman–Crippen MR) is 138 cm³/mol. The van der Waals surface area contributed by atoms with Crippen molar-refractivity contribution in [2.24, 2.45) is 0 Å². The molecule has 36 heavy (non-hydrogen) atoms. The van der Waals surface area contributed by atoms with Crippen LogP contribution in [0, 0.1) is 0 Å². The zero-order valence-corrected chi connectivity index (χ0v) is 20.9. The van der Waals surface area contributed by atoms with Crippen molar-refractivity contribution in [1.29, 1.82) is 0 Å². The van der Waals surface area contributed by atoms with Gasteiger partial charge in [-0.3, -0.25) is 4.79 Å². The number of carbonyl (C=O) groups is 1. The van der Waals surface area contributed by atoms with Gasteiger partial charge in [0.05, 0.1) is 22.2 Å². The lowest BCUT2D eigenvalue weighted by Crippen LogP contribution is -2.06. The number of ether oxygens (including phenoxy) is 1. The molecule has 1 aromatic heterocycles. The molecule has 0 bridgehead atoms. The number of aliphatic hydroxyl groups excluding tert-OH is 1. The Morgan fingerprint density at radius 3 is 2.50 bits per heavy atom. The first-order valence-corrected chi connectivity index (χ1v) is 12.7. The number of fused-ring (bicyclic) bond motifs is 2. The smallest absolute Gasteiger partial charge is 0.193 e. The second-order valence-corrected chi connectivity index (χ2v) is 10.1. The summed E-state index contributed by atoms with van der Waals surface area (Å²) >= 11 is 12.9. The van der Waals surface area contributed by atoms with Crippen LogP contribution >= 0.6 is 23.2 Å². The second kappa shape index (κ2) is 9.40. The third kappa shape index (κ3) is 4.21. The van der Waals surface area contributed by atoms with Crippen LogP contribution < -0.4 is 4.74 Å². The van der Waals surface area contributed by atoms with Gasteiger partial charge in [-0.1, -0.05) is 46.6 Å². The first-order chi connectivity index (χ1) is 17.5. The number of benzene rings is 3. The Balaban J connectivity index is 1.30. The molecule has 5 nitrogen and oxygen atoms in total. The average Bonchev–Trinajstić information content (AvgIpc) is 3.67. The largest absolute Gasteiger partial charge is 0.489 e. The summed E-state index contributed by atoms with van der Waals surface area (Å²) in [5, 5.41) is 14.8. The highest BCUT2D eigenvalue weighted by Gasteiger charge is 2.34. The molecule has 182 valence electrons. The molecule has 6 rings (SSSR count). The van der Waals surface area contributed by atoms with Crippen molar-refractivity contribution in [3.63, 3.8) is 0 Å². The van der Waals surface area contributed by atoms with E-state index in [0.29, 0.717) is 44.1 Å². The van der Waals surface area contributed by atoms with Gasteiger partial charge >= 0.3 is 0 Å². The van der Waals surface area contributed by atoms with Crippen molar-refractivity contribution in [3.05, 3.63) is 104 Å². The Morgan fingerprint density at radius 1 is 0.972 bits per heavy atom. The summed E-state index contributed by atoms with van der Waals surface area (Å²) in [6, 6.07) is 16.6. The fourth-order valence-electron chi connectivity index (χ4n) is 4.86. The lowest BCUT2D eigenvalue weighted by molar-refractivity contribution is 0.103. The normalized spacial score (nSPS) is 14.8. The summed E-state index contributed by atoms with van der Waals surface area (Å²) in [7, 11) is 0. The number of hydrogen-bond acceptors (Lipinski definition) is 5. The van der Waals surface area contributed by atoms with E-state index < -0.39 is 0 Å². The van der Waals surface area contributed by atoms with E-state index in [2.05, 4.69) is 5.16 Å². The first kappa shape index (κ1) is 23.3. The van der Waals surface area contributed by atoms with Gasteiger partial charge in [-0.05, 0) is 78.8 Å². The van der Waals surface area contributed by atoms with E-state index in [-0.39, 0.29) is 19.0 Å². The topological polar surface area (TPSA) is 72.6 Å². The monoisotopic (exact) mass is 519 g/mol. The maximum Gasteiger partial charge on any atom is 0.193 e. The van der Waals surface area contributed by atoms with Crippen LogP contribution in [0.5, 0.6) is 5.75 Å². The van der Waals surface area contributed by atoms with Gasteiger partial charge in [-0.25, -0.2) is 0 Å². The third-order valence-electron chi connectivity index (χ3n) is 6.94. The van der Waals surface area contributed by atoms with E-state index in [0.717, 1.165) is 53.7 Å². The average molecular weight is 520 g/mol. The van der Waals surface area contributed by atoms with Crippen molar-refractivity contribution in [2.75, 3.05) is 0 Å². The summed E-state index contributed by atoms with van der Waals surface area (Å²) < 4.78 is 12.0. The number of ketones is 1. The lowest BCUT2D eigenvalue weighted by atomic mass is 9.97. The van der Waals surface area contributed by atoms with E-state index in [4.69, 9.17) is 32.5 Å². The van der Waals surface area contributed by atoms with Crippen LogP contribution in [-0.4, -0.2) is 16.0 Å². The van der Waals surface area contributed by atoms with Gasteiger partial charge < -0.3 is 14.4 Å². The number of hydrogen-bond donors (Lipinski definition) is 1. The molecule has 0 radical (unpaired) electrons. The summed E-state index contributed by atoms with van der Waals surface area (Å²) in [6.45, 7) is 0.159. The molecule has 7 heteroatoms. The summed E-state index contributed by atoms with van der Waals surface area (Å²) in [5.74, 6) is 1.80. The number of rotatable bonds is 6. The van der Waals surface area contributed by atoms with Crippen molar-refractivity contribution < 1.29 is 19.2 Å². The van der Waals surface area contributed by atoms with E-state index in [9.17, 15) is 9.90 Å². The molecule has 0 amide bonds. The number of carbonyl (C=O) groups excluding carboxylic acids is 1. The molecule has 0 atom stereocenters. The molecule has 1 fully saturated rings. The standard InChI is InChI=1S/C29H23Cl2NO4/c30-24-2-1-3-25(31)26(24)27-23(29(36-32-27)18-7-8-18)15-35-20-10-11-21-19(13-20)9-6-17-5-4-16(14-33)12-22(17)28(21)34/h1-5,10-13,18,33H,6-9,14-15H2. The molecule has 1 heterocycles. The molecular weight excluding hydrogens is 497 g/mol. The molecule has 3 aromatic carbocycles. The summed E-state index contributed by atoms with van der Waals surface area (Å²) in [6.07, 6.45) is 3.58. The Hall–Kier alpha value is -3.12. The van der Waals surface area contributed by atoms with Gasteiger partial charge in [-0.2, -0.15) is 0 Å². The molecule has 1 saturated carbocycles. The zero-order chi connectivity index (χ0) is 24.8. The minimum absolute atomic E-state index is 0.0231. The van der Waals surface area contributed by atoms with Gasteiger partial charge in [0.25, 0.3) is 0 Å². The zero-order valence-electron chi connectivity index (χ0n) is 19.4. The summed E-state index contributed by atoms with van der Waals surface area (Å²) in [5.41, 5.74) is 6.10. The predicted octanol–water partition coefficient (Wildman–Crippen LogP) is 6.93. The molecule has 2 aliphatic rings. The molecule has 0 unspecified atom stereocenters. The minimum atomic E-state index is -0.0900. The Morgan fingerprint density at radius 2 is 1.75 bits per heavy atom. The molecule has 0 saturated heterocycles. The number of halogens is 2. The number of aromatic nitrogens is 1. The van der Waals surface area contributed by atoms with E-state index >= 15 is 0 Å². The highest BCUT2D eigenvalue weighted by atomic mass is 35.5. The van der Waals surface area contributed by atoms with Gasteiger partial charge in [0.1, 0.15) is 23.8 Å². The van der Waals surface area contributed by atoms with Crippen LogP contribution in [0.25, 0.3) is 11.3 Å². The molecule has 0 aliphatic heterocycles. The van der Waals surface area contributed by atoms with E-state index in [1.165, 1.54) is 0 Å². The van der Waals surface area contributed by atoms with Gasteiger partial charge in [0, 0.05) is 22.6 Å². The minimum Gasteiger partial charge on any atom is -0.489 e. The van der Waals surface area contributed by atoms with Gasteiger partial charge in [-0.15, -0.1) is 0 Å². The number of aliphatic hydroxyl groups is 1. The van der Waals surface area contributed by atoms with Crippen molar-refractivity contribution >= 4 is 29.0 Å². The first-order valence-electron chi connectivity index (χ1n) is 12.0. The highest BCUT2D eigenvalue weighted by Crippen LogP contribution is 2.46. The second-order valence-electron chi connectivity index (χ2n) is 9.33. The van der Waals surface area contributed by atoms with Crippen LogP contribution in [0.2, 0.25) is 10.0 Å². The maximum atomic E-state index is 13.3. The quantitative estimate of drug-likeness (QED) is 0.299. The van der Waals surface area contributed by atoms with Crippen LogP contribution in [-0.2, 0) is 26.1 Å². The van der Waals surface area contributed by atoms with Crippen molar-refractivity contribution in [1.82, 2.24) is 5.16 Å².